The van der Waals surface area contributed by atoms with Crippen molar-refractivity contribution in [2.75, 3.05) is 0 Å². The molecule has 0 N–H and O–H groups in total. The van der Waals surface area contributed by atoms with E-state index in [0.29, 0.717) is 6.42 Å². The number of carbonyl (C=O) groups is 1. The Bertz CT molecular complexity index is 236. The molecule has 0 heterocycles. The van der Waals surface area contributed by atoms with Gasteiger partial charge >= 0.3 is 5.97 Å². The first-order valence-corrected chi connectivity index (χ1v) is 9.11. The number of carbonyl (C=O) groups excluding carboxylic acids is 1. The highest BCUT2D eigenvalue weighted by Crippen LogP contribution is 2.13. The molecule has 21 heavy (non-hydrogen) atoms. The summed E-state index contributed by atoms with van der Waals surface area (Å²) in [5.41, 5.74) is 0. The molecule has 0 unspecified atom stereocenters. The molecule has 0 spiro atoms. The van der Waals surface area contributed by atoms with Crippen LogP contribution in [0.25, 0.3) is 0 Å². The van der Waals surface area contributed by atoms with Crippen molar-refractivity contribution in [1.29, 1.82) is 0 Å². The van der Waals surface area contributed by atoms with Crippen LogP contribution >= 0.6 is 0 Å². The summed E-state index contributed by atoms with van der Waals surface area (Å²) in [6, 6.07) is 0. The van der Waals surface area contributed by atoms with Crippen molar-refractivity contribution in [3.8, 4) is 0 Å². The van der Waals surface area contributed by atoms with Crippen molar-refractivity contribution >= 4 is 5.97 Å². The Kier molecular flexibility index (Phi) is 16.6. The predicted octanol–water partition coefficient (Wildman–Crippen LogP) is 6.54. The fraction of sp³-hybridized carbons (Fsp3) is 0.842. The fourth-order valence-corrected chi connectivity index (χ4v) is 2.62. The Labute approximate surface area is 132 Å². The van der Waals surface area contributed by atoms with E-state index in [4.69, 9.17) is 0 Å². The lowest BCUT2D eigenvalue weighted by Gasteiger charge is -2.03. The molecule has 0 aromatic heterocycles. The van der Waals surface area contributed by atoms with Crippen LogP contribution in [0.4, 0.5) is 0 Å². The minimum absolute atomic E-state index is 0.149. The first-order chi connectivity index (χ1) is 10.3. The van der Waals surface area contributed by atoms with Crippen molar-refractivity contribution < 1.29 is 9.53 Å². The highest BCUT2D eigenvalue weighted by atomic mass is 16.5. The normalized spacial score (nSPS) is 10.5. The standard InChI is InChI=1S/C19H36O2/c1-3-5-6-7-8-9-10-11-12-13-14-15-16-17-18-19(20)21-4-2/h4H,2-3,5-18H2,1H3. The summed E-state index contributed by atoms with van der Waals surface area (Å²) in [5.74, 6) is -0.149. The van der Waals surface area contributed by atoms with Gasteiger partial charge in [0.15, 0.2) is 0 Å². The third kappa shape index (κ3) is 17.2. The minimum Gasteiger partial charge on any atom is -0.435 e. The fourth-order valence-electron chi connectivity index (χ4n) is 2.62. The van der Waals surface area contributed by atoms with Crippen LogP contribution in [-0.2, 0) is 9.53 Å². The Morgan fingerprint density at radius 1 is 0.762 bits per heavy atom. The zero-order chi connectivity index (χ0) is 15.6. The van der Waals surface area contributed by atoms with E-state index in [2.05, 4.69) is 18.2 Å². The molecule has 0 aliphatic heterocycles. The summed E-state index contributed by atoms with van der Waals surface area (Å²) in [7, 11) is 0. The van der Waals surface area contributed by atoms with Gasteiger partial charge in [0, 0.05) is 6.42 Å². The molecule has 0 aromatic rings. The van der Waals surface area contributed by atoms with Gasteiger partial charge in [-0.15, -0.1) is 0 Å². The van der Waals surface area contributed by atoms with E-state index in [9.17, 15) is 4.79 Å². The van der Waals surface area contributed by atoms with Gasteiger partial charge in [0.25, 0.3) is 0 Å². The molecule has 0 radical (unpaired) electrons. The lowest BCUT2D eigenvalue weighted by Crippen LogP contribution is -1.98. The first-order valence-electron chi connectivity index (χ1n) is 9.11. The maximum atomic E-state index is 11.1. The first kappa shape index (κ1) is 20.2. The highest BCUT2D eigenvalue weighted by molar-refractivity contribution is 5.69. The Morgan fingerprint density at radius 3 is 1.52 bits per heavy atom. The third-order valence-electron chi connectivity index (χ3n) is 3.95. The summed E-state index contributed by atoms with van der Waals surface area (Å²) < 4.78 is 4.68. The van der Waals surface area contributed by atoms with E-state index in [1.54, 1.807) is 0 Å². The molecule has 0 fully saturated rings. The Balaban J connectivity index is 3.02. The molecule has 0 bridgehead atoms. The van der Waals surface area contributed by atoms with E-state index in [-0.39, 0.29) is 5.97 Å². The van der Waals surface area contributed by atoms with Gasteiger partial charge in [0.1, 0.15) is 0 Å². The molecule has 2 nitrogen and oxygen atoms in total. The molecule has 0 aromatic carbocycles. The van der Waals surface area contributed by atoms with Crippen molar-refractivity contribution in [2.45, 2.75) is 103 Å². The van der Waals surface area contributed by atoms with Gasteiger partial charge in [0.2, 0.25) is 0 Å². The van der Waals surface area contributed by atoms with Gasteiger partial charge < -0.3 is 4.74 Å². The molecule has 0 aliphatic carbocycles. The summed E-state index contributed by atoms with van der Waals surface area (Å²) >= 11 is 0. The van der Waals surface area contributed by atoms with Crippen LogP contribution in [0.1, 0.15) is 103 Å². The van der Waals surface area contributed by atoms with Gasteiger partial charge in [-0.25, -0.2) is 0 Å². The average molecular weight is 296 g/mol. The third-order valence-corrected chi connectivity index (χ3v) is 3.95. The zero-order valence-electron chi connectivity index (χ0n) is 14.2. The smallest absolute Gasteiger partial charge is 0.310 e. The second-order valence-corrected chi connectivity index (χ2v) is 6.00. The van der Waals surface area contributed by atoms with Crippen molar-refractivity contribution in [3.05, 3.63) is 12.8 Å². The number of rotatable bonds is 16. The van der Waals surface area contributed by atoms with Crippen LogP contribution in [-0.4, -0.2) is 5.97 Å². The maximum absolute atomic E-state index is 11.1. The number of hydrogen-bond acceptors (Lipinski definition) is 2. The highest BCUT2D eigenvalue weighted by Gasteiger charge is 2.00. The van der Waals surface area contributed by atoms with E-state index >= 15 is 0 Å². The van der Waals surface area contributed by atoms with Gasteiger partial charge in [0.05, 0.1) is 6.26 Å². The number of esters is 1. The van der Waals surface area contributed by atoms with E-state index < -0.39 is 0 Å². The van der Waals surface area contributed by atoms with E-state index in [1.807, 2.05) is 0 Å². The Morgan fingerprint density at radius 2 is 1.14 bits per heavy atom. The lowest BCUT2D eigenvalue weighted by molar-refractivity contribution is -0.138. The number of unbranched alkanes of at least 4 members (excludes halogenated alkanes) is 13. The Hall–Kier alpha value is -0.790. The molecule has 2 heteroatoms. The van der Waals surface area contributed by atoms with E-state index in [1.165, 1.54) is 83.3 Å². The number of ether oxygens (including phenoxy) is 1. The molecule has 124 valence electrons. The minimum atomic E-state index is -0.149. The van der Waals surface area contributed by atoms with Crippen molar-refractivity contribution in [2.24, 2.45) is 0 Å². The SMILES string of the molecule is C=COC(=O)CCCCCCCCCCCCCCCC. The largest absolute Gasteiger partial charge is 0.435 e. The monoisotopic (exact) mass is 296 g/mol. The van der Waals surface area contributed by atoms with Crippen LogP contribution in [0.5, 0.6) is 0 Å². The summed E-state index contributed by atoms with van der Waals surface area (Å²) in [4.78, 5) is 11.1. The molecule has 0 rings (SSSR count). The van der Waals surface area contributed by atoms with Gasteiger partial charge in [-0.2, -0.15) is 0 Å². The van der Waals surface area contributed by atoms with Crippen LogP contribution in [0, 0.1) is 0 Å². The number of hydrogen-bond donors (Lipinski definition) is 0. The quantitative estimate of drug-likeness (QED) is 0.183. The topological polar surface area (TPSA) is 26.3 Å². The van der Waals surface area contributed by atoms with Crippen LogP contribution < -0.4 is 0 Å². The molecule has 0 amide bonds. The van der Waals surface area contributed by atoms with Gasteiger partial charge in [-0.1, -0.05) is 97.0 Å². The van der Waals surface area contributed by atoms with Crippen LogP contribution in [0.2, 0.25) is 0 Å². The molecule has 0 aliphatic rings. The second kappa shape index (κ2) is 17.3. The van der Waals surface area contributed by atoms with Crippen LogP contribution in [0.3, 0.4) is 0 Å². The zero-order valence-corrected chi connectivity index (χ0v) is 14.2. The summed E-state index contributed by atoms with van der Waals surface area (Å²) in [6.07, 6.45) is 20.4. The molecule has 0 saturated heterocycles. The molecule has 0 saturated carbocycles. The van der Waals surface area contributed by atoms with Crippen molar-refractivity contribution in [1.82, 2.24) is 0 Å². The maximum Gasteiger partial charge on any atom is 0.310 e. The van der Waals surface area contributed by atoms with E-state index in [0.717, 1.165) is 12.8 Å². The molecular formula is C19H36O2. The van der Waals surface area contributed by atoms with Crippen LogP contribution in [0.15, 0.2) is 12.8 Å². The van der Waals surface area contributed by atoms with Gasteiger partial charge in [-0.3, -0.25) is 4.79 Å². The molecular weight excluding hydrogens is 260 g/mol. The summed E-state index contributed by atoms with van der Waals surface area (Å²) in [6.45, 7) is 5.65. The molecule has 0 atom stereocenters. The average Bonchev–Trinajstić information content (AvgIpc) is 2.48. The summed E-state index contributed by atoms with van der Waals surface area (Å²) in [5, 5.41) is 0. The second-order valence-electron chi connectivity index (χ2n) is 6.00. The van der Waals surface area contributed by atoms with Crippen molar-refractivity contribution in [3.63, 3.8) is 0 Å². The lowest BCUT2D eigenvalue weighted by atomic mass is 10.0. The van der Waals surface area contributed by atoms with Gasteiger partial charge in [-0.05, 0) is 6.42 Å². The predicted molar refractivity (Wildman–Crippen MR) is 91.2 cm³/mol.